The van der Waals surface area contributed by atoms with E-state index in [9.17, 15) is 4.79 Å². The number of fused-ring (bicyclic) bond motifs is 1. The Morgan fingerprint density at radius 3 is 2.78 bits per heavy atom. The van der Waals surface area contributed by atoms with Gasteiger partial charge in [0.15, 0.2) is 5.82 Å². The van der Waals surface area contributed by atoms with Crippen LogP contribution in [0.25, 0.3) is 11.0 Å². The second kappa shape index (κ2) is 7.77. The summed E-state index contributed by atoms with van der Waals surface area (Å²) >= 11 is 0. The number of urea groups is 1. The fourth-order valence-electron chi connectivity index (χ4n) is 2.68. The van der Waals surface area contributed by atoms with Crippen LogP contribution in [-0.2, 0) is 6.42 Å². The van der Waals surface area contributed by atoms with Crippen LogP contribution >= 0.6 is 0 Å². The van der Waals surface area contributed by atoms with Gasteiger partial charge in [-0.05, 0) is 31.5 Å². The minimum absolute atomic E-state index is 0.174. The first-order chi connectivity index (χ1) is 12.8. The largest absolute Gasteiger partial charge is 0.340 e. The number of H-pyrrole nitrogens is 1. The summed E-state index contributed by atoms with van der Waals surface area (Å²) < 4.78 is 5.19. The number of nitrogens with one attached hydrogen (secondary N) is 2. The number of hydrogen-bond donors (Lipinski definition) is 2. The van der Waals surface area contributed by atoms with E-state index in [0.717, 1.165) is 22.4 Å². The molecule has 144 valence electrons. The third-order valence-electron chi connectivity index (χ3n) is 4.40. The van der Waals surface area contributed by atoms with Gasteiger partial charge in [-0.2, -0.15) is 4.98 Å². The number of nitrogens with zero attached hydrogens (tertiary/aromatic N) is 4. The Bertz CT molecular complexity index is 929. The van der Waals surface area contributed by atoms with Crippen molar-refractivity contribution in [2.24, 2.45) is 0 Å². The molecule has 8 heteroatoms. The van der Waals surface area contributed by atoms with Crippen LogP contribution in [-0.4, -0.2) is 44.6 Å². The van der Waals surface area contributed by atoms with Crippen molar-refractivity contribution in [3.63, 3.8) is 0 Å². The summed E-state index contributed by atoms with van der Waals surface area (Å²) in [6, 6.07) is 5.63. The van der Waals surface area contributed by atoms with Crippen molar-refractivity contribution >= 4 is 17.1 Å². The topological polar surface area (TPSA) is 99.9 Å². The number of rotatable bonds is 6. The highest BCUT2D eigenvalue weighted by molar-refractivity contribution is 5.77. The van der Waals surface area contributed by atoms with Crippen LogP contribution in [0.1, 0.15) is 55.8 Å². The average molecular weight is 370 g/mol. The number of likely N-dealkylation sites (N-methyl/N-ethyl adjacent to an activating group) is 1. The van der Waals surface area contributed by atoms with Gasteiger partial charge < -0.3 is 19.7 Å². The van der Waals surface area contributed by atoms with Gasteiger partial charge in [0.1, 0.15) is 5.82 Å². The Balaban J connectivity index is 1.56. The molecule has 8 nitrogen and oxygen atoms in total. The number of hydrogen-bond acceptors (Lipinski definition) is 5. The van der Waals surface area contributed by atoms with Crippen molar-refractivity contribution in [3.05, 3.63) is 41.3 Å². The predicted molar refractivity (Wildman–Crippen MR) is 102 cm³/mol. The molecule has 3 rings (SSSR count). The van der Waals surface area contributed by atoms with Crippen LogP contribution in [0.5, 0.6) is 0 Å². The summed E-state index contributed by atoms with van der Waals surface area (Å²) in [7, 11) is 1.74. The van der Waals surface area contributed by atoms with Crippen molar-refractivity contribution < 1.29 is 9.32 Å². The molecule has 0 spiro atoms. The quantitative estimate of drug-likeness (QED) is 0.693. The van der Waals surface area contributed by atoms with Crippen molar-refractivity contribution in [2.75, 3.05) is 13.6 Å². The molecule has 2 amide bonds. The highest BCUT2D eigenvalue weighted by Gasteiger charge is 2.17. The summed E-state index contributed by atoms with van der Waals surface area (Å²) in [5.41, 5.74) is 3.02. The van der Waals surface area contributed by atoms with Crippen molar-refractivity contribution in [1.82, 2.24) is 30.3 Å². The summed E-state index contributed by atoms with van der Waals surface area (Å²) in [5, 5.41) is 6.91. The number of amides is 2. The molecule has 3 aromatic rings. The number of aromatic amines is 1. The standard InChI is InChI=1S/C19H26N6O2/c1-11(2)18-23-16(24-27-18)8-9-25(5)19(26)20-13(4)17-21-14-7-6-12(3)10-15(14)22-17/h6-7,10-11,13H,8-9H2,1-5H3,(H,20,26)(H,21,22). The number of aromatic nitrogens is 4. The van der Waals surface area contributed by atoms with Gasteiger partial charge in [0.25, 0.3) is 0 Å². The average Bonchev–Trinajstić information content (AvgIpc) is 3.26. The molecule has 1 atom stereocenters. The van der Waals surface area contributed by atoms with E-state index in [1.54, 1.807) is 11.9 Å². The maximum absolute atomic E-state index is 12.4. The minimum Gasteiger partial charge on any atom is -0.340 e. The van der Waals surface area contributed by atoms with Gasteiger partial charge in [-0.15, -0.1) is 0 Å². The van der Waals surface area contributed by atoms with E-state index >= 15 is 0 Å². The monoisotopic (exact) mass is 370 g/mol. The highest BCUT2D eigenvalue weighted by atomic mass is 16.5. The zero-order valence-corrected chi connectivity index (χ0v) is 16.4. The maximum atomic E-state index is 12.4. The summed E-state index contributed by atoms with van der Waals surface area (Å²) in [6.45, 7) is 8.43. The Kier molecular flexibility index (Phi) is 5.43. The molecule has 2 heterocycles. The number of carbonyl (C=O) groups is 1. The van der Waals surface area contributed by atoms with Crippen LogP contribution in [0.3, 0.4) is 0 Å². The lowest BCUT2D eigenvalue weighted by atomic mass is 10.2. The first kappa shape index (κ1) is 18.9. The molecule has 0 saturated carbocycles. The Labute approximate surface area is 158 Å². The van der Waals surface area contributed by atoms with Crippen molar-refractivity contribution in [1.29, 1.82) is 0 Å². The fraction of sp³-hybridized carbons (Fsp3) is 0.474. The molecule has 1 aromatic carbocycles. The third kappa shape index (κ3) is 4.45. The van der Waals surface area contributed by atoms with Crippen molar-refractivity contribution in [3.8, 4) is 0 Å². The van der Waals surface area contributed by atoms with E-state index in [0.29, 0.717) is 24.7 Å². The van der Waals surface area contributed by atoms with E-state index in [-0.39, 0.29) is 18.0 Å². The Hall–Kier alpha value is -2.90. The van der Waals surface area contributed by atoms with E-state index in [4.69, 9.17) is 4.52 Å². The first-order valence-electron chi connectivity index (χ1n) is 9.14. The summed E-state index contributed by atoms with van der Waals surface area (Å²) in [4.78, 5) is 26.2. The van der Waals surface area contributed by atoms with Gasteiger partial charge in [0.2, 0.25) is 5.89 Å². The zero-order chi connectivity index (χ0) is 19.6. The SMILES string of the molecule is Cc1ccc2nc(C(C)NC(=O)N(C)CCc3noc(C(C)C)n3)[nH]c2c1. The molecule has 0 bridgehead atoms. The molecule has 0 aliphatic rings. The summed E-state index contributed by atoms with van der Waals surface area (Å²) in [5.74, 6) is 2.16. The number of aryl methyl sites for hydroxylation is 1. The van der Waals surface area contributed by atoms with Crippen LogP contribution in [0, 0.1) is 6.92 Å². The molecule has 0 radical (unpaired) electrons. The number of benzene rings is 1. The molecule has 1 unspecified atom stereocenters. The van der Waals surface area contributed by atoms with Crippen LogP contribution < -0.4 is 5.32 Å². The summed E-state index contributed by atoms with van der Waals surface area (Å²) in [6.07, 6.45) is 0.540. The van der Waals surface area contributed by atoms with Gasteiger partial charge in [0.05, 0.1) is 17.1 Å². The highest BCUT2D eigenvalue weighted by Crippen LogP contribution is 2.17. The van der Waals surface area contributed by atoms with E-state index in [1.165, 1.54) is 0 Å². The lowest BCUT2D eigenvalue weighted by Crippen LogP contribution is -2.39. The Morgan fingerprint density at radius 1 is 1.30 bits per heavy atom. The van der Waals surface area contributed by atoms with Gasteiger partial charge in [-0.25, -0.2) is 9.78 Å². The molecule has 0 aliphatic heterocycles. The zero-order valence-electron chi connectivity index (χ0n) is 16.4. The molecule has 0 aliphatic carbocycles. The smallest absolute Gasteiger partial charge is 0.317 e. The second-order valence-corrected chi connectivity index (χ2v) is 7.19. The van der Waals surface area contributed by atoms with Gasteiger partial charge in [-0.3, -0.25) is 0 Å². The molecular formula is C19H26N6O2. The minimum atomic E-state index is -0.231. The van der Waals surface area contributed by atoms with E-state index < -0.39 is 0 Å². The van der Waals surface area contributed by atoms with Gasteiger partial charge in [-0.1, -0.05) is 25.1 Å². The van der Waals surface area contributed by atoms with Crippen LogP contribution in [0.15, 0.2) is 22.7 Å². The molecule has 0 fully saturated rings. The maximum Gasteiger partial charge on any atom is 0.317 e. The van der Waals surface area contributed by atoms with E-state index in [1.807, 2.05) is 45.9 Å². The van der Waals surface area contributed by atoms with Gasteiger partial charge in [0, 0.05) is 25.9 Å². The lowest BCUT2D eigenvalue weighted by Gasteiger charge is -2.19. The predicted octanol–water partition coefficient (Wildman–Crippen LogP) is 3.32. The number of imidazole rings is 1. The van der Waals surface area contributed by atoms with E-state index in [2.05, 4.69) is 25.4 Å². The lowest BCUT2D eigenvalue weighted by molar-refractivity contribution is 0.205. The molecule has 0 saturated heterocycles. The second-order valence-electron chi connectivity index (χ2n) is 7.19. The third-order valence-corrected chi connectivity index (χ3v) is 4.40. The van der Waals surface area contributed by atoms with Crippen LogP contribution in [0.4, 0.5) is 4.79 Å². The number of carbonyl (C=O) groups excluding carboxylic acids is 1. The van der Waals surface area contributed by atoms with Gasteiger partial charge >= 0.3 is 6.03 Å². The molecule has 2 aromatic heterocycles. The molecular weight excluding hydrogens is 344 g/mol. The fourth-order valence-corrected chi connectivity index (χ4v) is 2.68. The first-order valence-corrected chi connectivity index (χ1v) is 9.14. The molecule has 2 N–H and O–H groups in total. The van der Waals surface area contributed by atoms with Crippen molar-refractivity contribution in [2.45, 2.75) is 46.1 Å². The van der Waals surface area contributed by atoms with Crippen LogP contribution in [0.2, 0.25) is 0 Å². The molecule has 27 heavy (non-hydrogen) atoms. The normalized spacial score (nSPS) is 12.5. The Morgan fingerprint density at radius 2 is 2.07 bits per heavy atom.